The maximum atomic E-state index is 11.4. The molecule has 26 heavy (non-hydrogen) atoms. The smallest absolute Gasteiger partial charge is 0.208 e. The number of hydrogen-bond acceptors (Lipinski definition) is 9. The van der Waals surface area contributed by atoms with Crippen LogP contribution in [0.5, 0.6) is 0 Å². The fraction of sp³-hybridized carbons (Fsp3) is 0.643. The first kappa shape index (κ1) is 17.5. The number of nitrogen functional groups attached to an aromatic ring is 1. The molecule has 4 heterocycles. The number of fused-ring (bicyclic) bond motifs is 2. The van der Waals surface area contributed by atoms with Crippen molar-refractivity contribution in [1.29, 1.82) is 0 Å². The molecule has 0 spiro atoms. The molecule has 11 nitrogen and oxygen atoms in total. The summed E-state index contributed by atoms with van der Waals surface area (Å²) in [6.45, 7) is 3.67. The van der Waals surface area contributed by atoms with Gasteiger partial charge in [0.05, 0.1) is 12.6 Å². The Kier molecular flexibility index (Phi) is 3.93. The van der Waals surface area contributed by atoms with Gasteiger partial charge in [0.15, 0.2) is 23.5 Å². The molecule has 2 aromatic rings. The third kappa shape index (κ3) is 3.03. The van der Waals surface area contributed by atoms with Crippen molar-refractivity contribution in [2.24, 2.45) is 0 Å². The van der Waals surface area contributed by atoms with E-state index in [9.17, 15) is 8.42 Å². The summed E-state index contributed by atoms with van der Waals surface area (Å²) in [4.78, 5) is 12.4. The van der Waals surface area contributed by atoms with E-state index in [-0.39, 0.29) is 12.4 Å². The summed E-state index contributed by atoms with van der Waals surface area (Å²) >= 11 is 0. The van der Waals surface area contributed by atoms with Crippen molar-refractivity contribution in [3.05, 3.63) is 12.7 Å². The Hall–Kier alpha value is -1.86. The lowest BCUT2D eigenvalue weighted by Crippen LogP contribution is -2.39. The molecule has 0 radical (unpaired) electrons. The molecule has 12 heteroatoms. The molecule has 0 aromatic carbocycles. The fourth-order valence-electron chi connectivity index (χ4n) is 3.34. The standard InChI is InChI=1S/C14H20N6O5S/c1-14(2)24-9-7(4-19-26(3,21)22)23-13(10(9)25-14)20-6-18-8-11(15)16-5-17-12(8)20/h5-7,9-10,13,19H,4H2,1-3H3,(H2,15,16,17)/t7-,9-,10-,13-/m1/s1. The molecule has 0 unspecified atom stereocenters. The molecule has 0 saturated carbocycles. The minimum absolute atomic E-state index is 0.0691. The Morgan fingerprint density at radius 1 is 1.27 bits per heavy atom. The van der Waals surface area contributed by atoms with Gasteiger partial charge >= 0.3 is 0 Å². The van der Waals surface area contributed by atoms with E-state index in [2.05, 4.69) is 19.7 Å². The van der Waals surface area contributed by atoms with Crippen LogP contribution in [0.1, 0.15) is 20.1 Å². The number of nitrogens with zero attached hydrogens (tertiary/aromatic N) is 4. The lowest BCUT2D eigenvalue weighted by Gasteiger charge is -2.24. The van der Waals surface area contributed by atoms with Crippen LogP contribution in [-0.4, -0.2) is 64.8 Å². The summed E-state index contributed by atoms with van der Waals surface area (Å²) in [6, 6.07) is 0. The van der Waals surface area contributed by atoms with Gasteiger partial charge in [-0.3, -0.25) is 4.57 Å². The maximum absolute atomic E-state index is 11.4. The topological polar surface area (TPSA) is 143 Å². The largest absolute Gasteiger partial charge is 0.382 e. The van der Waals surface area contributed by atoms with E-state index in [1.54, 1.807) is 24.7 Å². The van der Waals surface area contributed by atoms with Crippen molar-refractivity contribution in [3.63, 3.8) is 0 Å². The van der Waals surface area contributed by atoms with Crippen LogP contribution < -0.4 is 10.5 Å². The molecule has 2 saturated heterocycles. The number of hydrogen-bond donors (Lipinski definition) is 2. The summed E-state index contributed by atoms with van der Waals surface area (Å²) in [5, 5.41) is 0. The highest BCUT2D eigenvalue weighted by Gasteiger charge is 2.56. The molecule has 0 bridgehead atoms. The molecule has 2 aliphatic heterocycles. The SMILES string of the molecule is CC1(C)O[C@@H]2[C@H](O1)[C@@H](CNS(C)(=O)=O)O[C@H]2n1cnc2c(N)ncnc21. The summed E-state index contributed by atoms with van der Waals surface area (Å²) in [6.07, 6.45) is 1.98. The van der Waals surface area contributed by atoms with Crippen molar-refractivity contribution in [2.75, 3.05) is 18.5 Å². The van der Waals surface area contributed by atoms with Gasteiger partial charge in [0.25, 0.3) is 0 Å². The van der Waals surface area contributed by atoms with Gasteiger partial charge in [-0.1, -0.05) is 0 Å². The first-order valence-corrected chi connectivity index (χ1v) is 9.92. The highest BCUT2D eigenvalue weighted by molar-refractivity contribution is 7.88. The molecule has 2 fully saturated rings. The molecule has 2 aromatic heterocycles. The van der Waals surface area contributed by atoms with Crippen LogP contribution in [0.4, 0.5) is 5.82 Å². The highest BCUT2D eigenvalue weighted by Crippen LogP contribution is 2.43. The van der Waals surface area contributed by atoms with Crippen LogP contribution in [0.3, 0.4) is 0 Å². The first-order valence-electron chi connectivity index (χ1n) is 8.03. The number of nitrogens with two attached hydrogens (primary N) is 1. The Bertz CT molecular complexity index is 944. The van der Waals surface area contributed by atoms with Crippen molar-refractivity contribution >= 4 is 27.0 Å². The predicted molar refractivity (Wildman–Crippen MR) is 90.3 cm³/mol. The van der Waals surface area contributed by atoms with Crippen molar-refractivity contribution in [1.82, 2.24) is 24.2 Å². The van der Waals surface area contributed by atoms with Gasteiger partial charge in [0.2, 0.25) is 10.0 Å². The van der Waals surface area contributed by atoms with Crippen LogP contribution in [-0.2, 0) is 24.2 Å². The first-order chi connectivity index (χ1) is 12.1. The number of ether oxygens (including phenoxy) is 3. The van der Waals surface area contributed by atoms with Gasteiger partial charge in [-0.05, 0) is 13.8 Å². The monoisotopic (exact) mass is 384 g/mol. The molecule has 2 aliphatic rings. The molecular weight excluding hydrogens is 364 g/mol. The highest BCUT2D eigenvalue weighted by atomic mass is 32.2. The Balaban J connectivity index is 1.68. The van der Waals surface area contributed by atoms with E-state index in [1.807, 2.05) is 0 Å². The summed E-state index contributed by atoms with van der Waals surface area (Å²) in [5.41, 5.74) is 6.81. The zero-order chi connectivity index (χ0) is 18.7. The lowest BCUT2D eigenvalue weighted by molar-refractivity contribution is -0.195. The van der Waals surface area contributed by atoms with E-state index in [4.69, 9.17) is 19.9 Å². The van der Waals surface area contributed by atoms with Crippen LogP contribution >= 0.6 is 0 Å². The zero-order valence-corrected chi connectivity index (χ0v) is 15.3. The molecular formula is C14H20N6O5S. The minimum atomic E-state index is -3.36. The van der Waals surface area contributed by atoms with E-state index >= 15 is 0 Å². The van der Waals surface area contributed by atoms with Crippen molar-refractivity contribution in [3.8, 4) is 0 Å². The van der Waals surface area contributed by atoms with Gasteiger partial charge in [0, 0.05) is 6.54 Å². The van der Waals surface area contributed by atoms with Crippen molar-refractivity contribution in [2.45, 2.75) is 44.2 Å². The molecule has 4 atom stereocenters. The van der Waals surface area contributed by atoms with Crippen LogP contribution in [0.15, 0.2) is 12.7 Å². The maximum Gasteiger partial charge on any atom is 0.208 e. The Labute approximate surface area is 149 Å². The normalized spacial score (nSPS) is 30.7. The van der Waals surface area contributed by atoms with Gasteiger partial charge < -0.3 is 19.9 Å². The van der Waals surface area contributed by atoms with Gasteiger partial charge in [0.1, 0.15) is 30.2 Å². The van der Waals surface area contributed by atoms with Crippen LogP contribution in [0, 0.1) is 0 Å². The third-order valence-corrected chi connectivity index (χ3v) is 5.02. The summed E-state index contributed by atoms with van der Waals surface area (Å²) in [5.74, 6) is -0.548. The van der Waals surface area contributed by atoms with Crippen molar-refractivity contribution < 1.29 is 22.6 Å². The average molecular weight is 384 g/mol. The Morgan fingerprint density at radius 2 is 2.00 bits per heavy atom. The number of nitrogens with one attached hydrogen (secondary N) is 1. The van der Waals surface area contributed by atoms with Gasteiger partial charge in [-0.15, -0.1) is 0 Å². The number of aromatic nitrogens is 4. The second-order valence-corrected chi connectivity index (χ2v) is 8.67. The summed E-state index contributed by atoms with van der Waals surface area (Å²) in [7, 11) is -3.36. The van der Waals surface area contributed by atoms with Gasteiger partial charge in [-0.25, -0.2) is 28.1 Å². The van der Waals surface area contributed by atoms with Crippen LogP contribution in [0.2, 0.25) is 0 Å². The fourth-order valence-corrected chi connectivity index (χ4v) is 3.80. The molecule has 3 N–H and O–H groups in total. The molecule has 4 rings (SSSR count). The second-order valence-electron chi connectivity index (χ2n) is 6.83. The van der Waals surface area contributed by atoms with E-state index in [1.165, 1.54) is 6.33 Å². The zero-order valence-electron chi connectivity index (χ0n) is 14.5. The van der Waals surface area contributed by atoms with E-state index in [0.717, 1.165) is 6.26 Å². The predicted octanol–water partition coefficient (Wildman–Crippen LogP) is -0.625. The quantitative estimate of drug-likeness (QED) is 0.704. The summed E-state index contributed by atoms with van der Waals surface area (Å²) < 4.78 is 45.1. The number of anilines is 1. The number of imidazole rings is 1. The molecule has 0 amide bonds. The van der Waals surface area contributed by atoms with Crippen LogP contribution in [0.25, 0.3) is 11.2 Å². The average Bonchev–Trinajstić information content (AvgIpc) is 3.16. The second kappa shape index (κ2) is 5.82. The molecule has 142 valence electrons. The molecule has 0 aliphatic carbocycles. The number of rotatable bonds is 4. The van der Waals surface area contributed by atoms with Gasteiger partial charge in [-0.2, -0.15) is 0 Å². The van der Waals surface area contributed by atoms with E-state index in [0.29, 0.717) is 11.2 Å². The minimum Gasteiger partial charge on any atom is -0.382 e. The number of sulfonamides is 1. The third-order valence-electron chi connectivity index (χ3n) is 4.33. The lowest BCUT2D eigenvalue weighted by atomic mass is 10.1. The Morgan fingerprint density at radius 3 is 2.73 bits per heavy atom. The van der Waals surface area contributed by atoms with E-state index < -0.39 is 40.4 Å².